The Morgan fingerprint density at radius 1 is 1.12 bits per heavy atom. The van der Waals surface area contributed by atoms with E-state index in [1.807, 2.05) is 0 Å². The van der Waals surface area contributed by atoms with Crippen LogP contribution in [0.1, 0.15) is 25.7 Å². The van der Waals surface area contributed by atoms with E-state index in [1.165, 1.54) is 12.1 Å². The number of nitrogens with one attached hydrogen (secondary N) is 1. The fourth-order valence-electron chi connectivity index (χ4n) is 2.09. The summed E-state index contributed by atoms with van der Waals surface area (Å²) in [6.45, 7) is 0. The van der Waals surface area contributed by atoms with E-state index in [1.54, 1.807) is 0 Å². The quantitative estimate of drug-likeness (QED) is 0.805. The standard InChI is InChI=1S/C12H14Cl2FNO/c13-10-5-8(6-11(14)12(10)15)16-7-1-3-9(17)4-2-7/h5-7,9,16-17H,1-4H2. The molecule has 0 aromatic heterocycles. The molecule has 17 heavy (non-hydrogen) atoms. The van der Waals surface area contributed by atoms with Crippen LogP contribution in [0.2, 0.25) is 10.0 Å². The van der Waals surface area contributed by atoms with Gasteiger partial charge in [0.05, 0.1) is 16.1 Å². The predicted octanol–water partition coefficient (Wildman–Crippen LogP) is 3.85. The second-order valence-corrected chi connectivity index (χ2v) is 5.22. The molecule has 2 N–H and O–H groups in total. The van der Waals surface area contributed by atoms with Crippen LogP contribution in [0.5, 0.6) is 0 Å². The maximum atomic E-state index is 13.2. The van der Waals surface area contributed by atoms with Gasteiger partial charge in [0.1, 0.15) is 0 Å². The Balaban J connectivity index is 2.04. The van der Waals surface area contributed by atoms with Crippen LogP contribution in [0.3, 0.4) is 0 Å². The third kappa shape index (κ3) is 3.24. The van der Waals surface area contributed by atoms with Gasteiger partial charge < -0.3 is 10.4 Å². The normalized spacial score (nSPS) is 24.7. The second kappa shape index (κ2) is 5.42. The zero-order valence-electron chi connectivity index (χ0n) is 9.22. The van der Waals surface area contributed by atoms with E-state index in [2.05, 4.69) is 5.32 Å². The zero-order valence-corrected chi connectivity index (χ0v) is 10.7. The second-order valence-electron chi connectivity index (χ2n) is 4.40. The molecular formula is C12H14Cl2FNO. The lowest BCUT2D eigenvalue weighted by atomic mass is 9.93. The third-order valence-electron chi connectivity index (χ3n) is 3.05. The van der Waals surface area contributed by atoms with Crippen LogP contribution in [0.25, 0.3) is 0 Å². The molecule has 94 valence electrons. The van der Waals surface area contributed by atoms with Gasteiger partial charge in [0.2, 0.25) is 0 Å². The highest BCUT2D eigenvalue weighted by molar-refractivity contribution is 6.35. The highest BCUT2D eigenvalue weighted by atomic mass is 35.5. The molecule has 0 unspecified atom stereocenters. The number of hydrogen-bond donors (Lipinski definition) is 2. The Kier molecular flexibility index (Phi) is 4.13. The van der Waals surface area contributed by atoms with E-state index in [0.717, 1.165) is 31.4 Å². The molecule has 1 aliphatic carbocycles. The summed E-state index contributed by atoms with van der Waals surface area (Å²) >= 11 is 11.4. The molecule has 0 bridgehead atoms. The summed E-state index contributed by atoms with van der Waals surface area (Å²) in [5.41, 5.74) is 0.725. The van der Waals surface area contributed by atoms with Gasteiger partial charge in [-0.05, 0) is 37.8 Å². The van der Waals surface area contributed by atoms with Crippen LogP contribution in [0.15, 0.2) is 12.1 Å². The molecule has 0 saturated heterocycles. The summed E-state index contributed by atoms with van der Waals surface area (Å²) in [6, 6.07) is 3.36. The van der Waals surface area contributed by atoms with Gasteiger partial charge in [-0.2, -0.15) is 0 Å². The first-order valence-electron chi connectivity index (χ1n) is 5.65. The number of halogens is 3. The topological polar surface area (TPSA) is 32.3 Å². The van der Waals surface area contributed by atoms with Crippen molar-refractivity contribution in [2.24, 2.45) is 0 Å². The van der Waals surface area contributed by atoms with E-state index in [0.29, 0.717) is 0 Å². The third-order valence-corrected chi connectivity index (χ3v) is 3.60. The van der Waals surface area contributed by atoms with Gasteiger partial charge in [0.25, 0.3) is 0 Å². The number of hydrogen-bond acceptors (Lipinski definition) is 2. The lowest BCUT2D eigenvalue weighted by Gasteiger charge is -2.27. The maximum Gasteiger partial charge on any atom is 0.160 e. The van der Waals surface area contributed by atoms with Gasteiger partial charge in [0, 0.05) is 11.7 Å². The van der Waals surface area contributed by atoms with E-state index < -0.39 is 5.82 Å². The predicted molar refractivity (Wildman–Crippen MR) is 68.3 cm³/mol. The summed E-state index contributed by atoms with van der Waals surface area (Å²) in [4.78, 5) is 0. The summed E-state index contributed by atoms with van der Waals surface area (Å²) in [6.07, 6.45) is 3.19. The summed E-state index contributed by atoms with van der Waals surface area (Å²) in [7, 11) is 0. The first-order valence-corrected chi connectivity index (χ1v) is 6.41. The minimum absolute atomic E-state index is 0.0239. The molecule has 0 radical (unpaired) electrons. The SMILES string of the molecule is OC1CCC(Nc2cc(Cl)c(F)c(Cl)c2)CC1. The Morgan fingerprint density at radius 2 is 1.65 bits per heavy atom. The van der Waals surface area contributed by atoms with Crippen molar-refractivity contribution in [3.05, 3.63) is 28.0 Å². The van der Waals surface area contributed by atoms with E-state index >= 15 is 0 Å². The van der Waals surface area contributed by atoms with Gasteiger partial charge in [-0.15, -0.1) is 0 Å². The van der Waals surface area contributed by atoms with Crippen molar-refractivity contribution in [2.75, 3.05) is 5.32 Å². The van der Waals surface area contributed by atoms with Gasteiger partial charge in [0.15, 0.2) is 5.82 Å². The van der Waals surface area contributed by atoms with Gasteiger partial charge in [-0.1, -0.05) is 23.2 Å². The van der Waals surface area contributed by atoms with Crippen molar-refractivity contribution >= 4 is 28.9 Å². The highest BCUT2D eigenvalue weighted by Gasteiger charge is 2.19. The zero-order chi connectivity index (χ0) is 12.4. The van der Waals surface area contributed by atoms with Crippen LogP contribution < -0.4 is 5.32 Å². The number of rotatable bonds is 2. The molecule has 1 aliphatic rings. The fourth-order valence-corrected chi connectivity index (χ4v) is 2.58. The van der Waals surface area contributed by atoms with E-state index in [9.17, 15) is 9.50 Å². The number of aliphatic hydroxyl groups excluding tert-OH is 1. The van der Waals surface area contributed by atoms with Crippen LogP contribution in [0.4, 0.5) is 10.1 Å². The van der Waals surface area contributed by atoms with Crippen molar-refractivity contribution < 1.29 is 9.50 Å². The van der Waals surface area contributed by atoms with Crippen LogP contribution in [-0.4, -0.2) is 17.3 Å². The largest absolute Gasteiger partial charge is 0.393 e. The summed E-state index contributed by atoms with van der Waals surface area (Å²) in [5, 5.41) is 12.7. The lowest BCUT2D eigenvalue weighted by Crippen LogP contribution is -2.28. The molecule has 0 heterocycles. The molecule has 2 rings (SSSR count). The summed E-state index contributed by atoms with van der Waals surface area (Å²) < 4.78 is 13.2. The minimum atomic E-state index is -0.585. The Hall–Kier alpha value is -0.510. The van der Waals surface area contributed by atoms with Crippen molar-refractivity contribution in [3.63, 3.8) is 0 Å². The Labute approximate surface area is 110 Å². The van der Waals surface area contributed by atoms with Crippen molar-refractivity contribution in [2.45, 2.75) is 37.8 Å². The fraction of sp³-hybridized carbons (Fsp3) is 0.500. The Bertz CT molecular complexity index is 382. The smallest absolute Gasteiger partial charge is 0.160 e. The summed E-state index contributed by atoms with van der Waals surface area (Å²) in [5.74, 6) is -0.585. The lowest BCUT2D eigenvalue weighted by molar-refractivity contribution is 0.126. The molecule has 0 spiro atoms. The van der Waals surface area contributed by atoms with Gasteiger partial charge in [-0.25, -0.2) is 4.39 Å². The molecule has 1 saturated carbocycles. The average Bonchev–Trinajstić information content (AvgIpc) is 2.29. The number of anilines is 1. The molecule has 0 aliphatic heterocycles. The molecule has 1 fully saturated rings. The Morgan fingerprint density at radius 3 is 2.18 bits per heavy atom. The van der Waals surface area contributed by atoms with E-state index in [-0.39, 0.29) is 22.2 Å². The first-order chi connectivity index (χ1) is 8.06. The minimum Gasteiger partial charge on any atom is -0.393 e. The van der Waals surface area contributed by atoms with Gasteiger partial charge >= 0.3 is 0 Å². The molecule has 1 aromatic carbocycles. The molecular weight excluding hydrogens is 264 g/mol. The van der Waals surface area contributed by atoms with Gasteiger partial charge in [-0.3, -0.25) is 0 Å². The maximum absolute atomic E-state index is 13.2. The van der Waals surface area contributed by atoms with Crippen LogP contribution >= 0.6 is 23.2 Å². The molecule has 0 amide bonds. The highest BCUT2D eigenvalue weighted by Crippen LogP contribution is 2.29. The molecule has 5 heteroatoms. The van der Waals surface area contributed by atoms with Crippen molar-refractivity contribution in [3.8, 4) is 0 Å². The van der Waals surface area contributed by atoms with Crippen molar-refractivity contribution in [1.29, 1.82) is 0 Å². The molecule has 1 aromatic rings. The number of benzene rings is 1. The number of aliphatic hydroxyl groups is 1. The first kappa shape index (κ1) is 12.9. The van der Waals surface area contributed by atoms with Crippen LogP contribution in [0, 0.1) is 5.82 Å². The average molecular weight is 278 g/mol. The van der Waals surface area contributed by atoms with Crippen molar-refractivity contribution in [1.82, 2.24) is 0 Å². The molecule has 2 nitrogen and oxygen atoms in total. The van der Waals surface area contributed by atoms with Crippen LogP contribution in [-0.2, 0) is 0 Å². The van der Waals surface area contributed by atoms with E-state index in [4.69, 9.17) is 23.2 Å². The monoisotopic (exact) mass is 277 g/mol. The molecule has 0 atom stereocenters.